The quantitative estimate of drug-likeness (QED) is 0.757. The van der Waals surface area contributed by atoms with E-state index in [0.29, 0.717) is 16.9 Å². The minimum Gasteiger partial charge on any atom is -0.388 e. The molecule has 13 heavy (non-hydrogen) atoms. The number of aliphatic hydroxyl groups excluding tert-OH is 1. The van der Waals surface area contributed by atoms with Crippen molar-refractivity contribution >= 4 is 17.9 Å². The van der Waals surface area contributed by atoms with Crippen molar-refractivity contribution in [2.75, 3.05) is 0 Å². The van der Waals surface area contributed by atoms with Crippen molar-refractivity contribution in [1.82, 2.24) is 0 Å². The van der Waals surface area contributed by atoms with E-state index < -0.39 is 6.10 Å². The maximum Gasteiger partial charge on any atom is 0.122 e. The molecule has 0 aliphatic carbocycles. The predicted molar refractivity (Wildman–Crippen MR) is 51.8 cm³/mol. The van der Waals surface area contributed by atoms with Gasteiger partial charge in [-0.25, -0.2) is 0 Å². The first-order valence-electron chi connectivity index (χ1n) is 4.02. The zero-order valence-corrected chi connectivity index (χ0v) is 8.08. The Labute approximate surface area is 82.2 Å². The molecular formula is C10H11ClO2. The molecule has 3 heteroatoms. The summed E-state index contributed by atoms with van der Waals surface area (Å²) < 4.78 is 0. The van der Waals surface area contributed by atoms with Gasteiger partial charge in [-0.2, -0.15) is 0 Å². The van der Waals surface area contributed by atoms with Crippen LogP contribution in [0.15, 0.2) is 18.2 Å². The average Bonchev–Trinajstić information content (AvgIpc) is 2.03. The standard InChI is InChI=1S/C10H11ClO2/c1-7-4-8(6-9(11)5-7)10(13)2-3-12/h3-6,10,13H,2H2,1H3. The Morgan fingerprint density at radius 1 is 1.54 bits per heavy atom. The Hall–Kier alpha value is -0.860. The van der Waals surface area contributed by atoms with Gasteiger partial charge in [0.15, 0.2) is 0 Å². The smallest absolute Gasteiger partial charge is 0.122 e. The normalized spacial score (nSPS) is 12.5. The second kappa shape index (κ2) is 4.40. The molecule has 0 radical (unpaired) electrons. The molecule has 2 nitrogen and oxygen atoms in total. The van der Waals surface area contributed by atoms with E-state index in [9.17, 15) is 9.90 Å². The highest BCUT2D eigenvalue weighted by Gasteiger charge is 2.07. The van der Waals surface area contributed by atoms with Crippen LogP contribution in [0.25, 0.3) is 0 Å². The predicted octanol–water partition coefficient (Wildman–Crippen LogP) is 2.27. The van der Waals surface area contributed by atoms with Crippen LogP contribution < -0.4 is 0 Å². The number of aliphatic hydroxyl groups is 1. The zero-order valence-electron chi connectivity index (χ0n) is 7.33. The molecule has 1 rings (SSSR count). The van der Waals surface area contributed by atoms with Crippen molar-refractivity contribution in [3.63, 3.8) is 0 Å². The molecule has 0 heterocycles. The average molecular weight is 199 g/mol. The van der Waals surface area contributed by atoms with E-state index in [1.807, 2.05) is 13.0 Å². The van der Waals surface area contributed by atoms with Crippen molar-refractivity contribution in [2.24, 2.45) is 0 Å². The van der Waals surface area contributed by atoms with E-state index in [1.165, 1.54) is 0 Å². The Kier molecular flexibility index (Phi) is 3.46. The Balaban J connectivity index is 2.93. The maximum absolute atomic E-state index is 10.2. The van der Waals surface area contributed by atoms with Crippen LogP contribution >= 0.6 is 11.6 Å². The monoisotopic (exact) mass is 198 g/mol. The van der Waals surface area contributed by atoms with Crippen LogP contribution in [0.5, 0.6) is 0 Å². The van der Waals surface area contributed by atoms with E-state index >= 15 is 0 Å². The fourth-order valence-corrected chi connectivity index (χ4v) is 1.48. The highest BCUT2D eigenvalue weighted by molar-refractivity contribution is 6.30. The van der Waals surface area contributed by atoms with Crippen LogP contribution in [0.4, 0.5) is 0 Å². The fraction of sp³-hybridized carbons (Fsp3) is 0.300. The van der Waals surface area contributed by atoms with Crippen LogP contribution in [0.2, 0.25) is 5.02 Å². The summed E-state index contributed by atoms with van der Waals surface area (Å²) in [4.78, 5) is 10.2. The first-order chi connectivity index (χ1) is 6.13. The lowest BCUT2D eigenvalue weighted by Crippen LogP contribution is -1.98. The number of carbonyl (C=O) groups is 1. The summed E-state index contributed by atoms with van der Waals surface area (Å²) in [5, 5.41) is 10.1. The highest BCUT2D eigenvalue weighted by Crippen LogP contribution is 2.21. The highest BCUT2D eigenvalue weighted by atomic mass is 35.5. The fourth-order valence-electron chi connectivity index (χ4n) is 1.18. The van der Waals surface area contributed by atoms with Crippen LogP contribution in [0, 0.1) is 6.92 Å². The number of rotatable bonds is 3. The van der Waals surface area contributed by atoms with Crippen LogP contribution in [-0.4, -0.2) is 11.4 Å². The summed E-state index contributed by atoms with van der Waals surface area (Å²) >= 11 is 5.79. The second-order valence-electron chi connectivity index (χ2n) is 2.98. The largest absolute Gasteiger partial charge is 0.388 e. The summed E-state index contributed by atoms with van der Waals surface area (Å²) in [7, 11) is 0. The molecular weight excluding hydrogens is 188 g/mol. The van der Waals surface area contributed by atoms with Crippen LogP contribution in [0.1, 0.15) is 23.7 Å². The minimum atomic E-state index is -0.741. The summed E-state index contributed by atoms with van der Waals surface area (Å²) in [5.74, 6) is 0. The lowest BCUT2D eigenvalue weighted by molar-refractivity contribution is -0.109. The number of aldehydes is 1. The van der Waals surface area contributed by atoms with Gasteiger partial charge >= 0.3 is 0 Å². The first-order valence-corrected chi connectivity index (χ1v) is 4.40. The number of carbonyl (C=O) groups excluding carboxylic acids is 1. The summed E-state index contributed by atoms with van der Waals surface area (Å²) in [5.41, 5.74) is 1.67. The van der Waals surface area contributed by atoms with Gasteiger partial charge < -0.3 is 9.90 Å². The number of hydrogen-bond donors (Lipinski definition) is 1. The molecule has 0 amide bonds. The third kappa shape index (κ3) is 2.83. The molecule has 0 saturated heterocycles. The van der Waals surface area contributed by atoms with Gasteiger partial charge in [0.25, 0.3) is 0 Å². The van der Waals surface area contributed by atoms with Crippen molar-refractivity contribution in [3.05, 3.63) is 34.3 Å². The lowest BCUT2D eigenvalue weighted by Gasteiger charge is -2.08. The third-order valence-electron chi connectivity index (χ3n) is 1.77. The lowest BCUT2D eigenvalue weighted by atomic mass is 10.1. The number of hydrogen-bond acceptors (Lipinski definition) is 2. The Morgan fingerprint density at radius 2 is 2.23 bits per heavy atom. The van der Waals surface area contributed by atoms with Crippen molar-refractivity contribution < 1.29 is 9.90 Å². The molecule has 0 spiro atoms. The van der Waals surface area contributed by atoms with E-state index in [4.69, 9.17) is 11.6 Å². The molecule has 0 fully saturated rings. The number of aryl methyl sites for hydroxylation is 1. The van der Waals surface area contributed by atoms with Gasteiger partial charge in [-0.15, -0.1) is 0 Å². The van der Waals surface area contributed by atoms with Gasteiger partial charge in [0.1, 0.15) is 6.29 Å². The Morgan fingerprint density at radius 3 is 2.77 bits per heavy atom. The van der Waals surface area contributed by atoms with Gasteiger partial charge in [0, 0.05) is 11.4 Å². The van der Waals surface area contributed by atoms with Gasteiger partial charge in [0.2, 0.25) is 0 Å². The third-order valence-corrected chi connectivity index (χ3v) is 1.99. The molecule has 0 bridgehead atoms. The molecule has 1 unspecified atom stereocenters. The van der Waals surface area contributed by atoms with Gasteiger partial charge in [-0.05, 0) is 30.2 Å². The van der Waals surface area contributed by atoms with Gasteiger partial charge in [0.05, 0.1) is 6.10 Å². The van der Waals surface area contributed by atoms with Crippen LogP contribution in [-0.2, 0) is 4.79 Å². The van der Waals surface area contributed by atoms with Crippen molar-refractivity contribution in [1.29, 1.82) is 0 Å². The SMILES string of the molecule is Cc1cc(Cl)cc(C(O)CC=O)c1. The topological polar surface area (TPSA) is 37.3 Å². The molecule has 1 aromatic carbocycles. The van der Waals surface area contributed by atoms with E-state index in [-0.39, 0.29) is 6.42 Å². The molecule has 1 N–H and O–H groups in total. The van der Waals surface area contributed by atoms with E-state index in [2.05, 4.69) is 0 Å². The molecule has 1 atom stereocenters. The van der Waals surface area contributed by atoms with E-state index in [0.717, 1.165) is 5.56 Å². The van der Waals surface area contributed by atoms with E-state index in [1.54, 1.807) is 12.1 Å². The number of halogens is 1. The summed E-state index contributed by atoms with van der Waals surface area (Å²) in [6.07, 6.45) is 0.0654. The van der Waals surface area contributed by atoms with Crippen molar-refractivity contribution in [3.8, 4) is 0 Å². The van der Waals surface area contributed by atoms with Crippen molar-refractivity contribution in [2.45, 2.75) is 19.4 Å². The Bertz CT molecular complexity index is 290. The minimum absolute atomic E-state index is 0.111. The second-order valence-corrected chi connectivity index (χ2v) is 3.42. The first kappa shape index (κ1) is 10.2. The molecule has 0 aliphatic heterocycles. The molecule has 70 valence electrons. The van der Waals surface area contributed by atoms with Gasteiger partial charge in [-0.3, -0.25) is 0 Å². The van der Waals surface area contributed by atoms with Crippen LogP contribution in [0.3, 0.4) is 0 Å². The molecule has 0 aromatic heterocycles. The van der Waals surface area contributed by atoms with Gasteiger partial charge in [-0.1, -0.05) is 17.7 Å². The number of benzene rings is 1. The molecule has 0 aliphatic rings. The summed E-state index contributed by atoms with van der Waals surface area (Å²) in [6.45, 7) is 1.89. The summed E-state index contributed by atoms with van der Waals surface area (Å²) in [6, 6.07) is 5.29. The zero-order chi connectivity index (χ0) is 9.84. The molecule has 0 saturated carbocycles. The molecule has 1 aromatic rings. The maximum atomic E-state index is 10.2.